The van der Waals surface area contributed by atoms with Crippen molar-refractivity contribution in [3.8, 4) is 0 Å². The van der Waals surface area contributed by atoms with Gasteiger partial charge in [-0.3, -0.25) is 9.59 Å². The van der Waals surface area contributed by atoms with Crippen LogP contribution in [0.5, 0.6) is 0 Å². The average molecular weight is 344 g/mol. The molecule has 1 aliphatic heterocycles. The third kappa shape index (κ3) is 3.49. The molecule has 0 saturated carbocycles. The van der Waals surface area contributed by atoms with Crippen LogP contribution in [0.3, 0.4) is 0 Å². The second-order valence-electron chi connectivity index (χ2n) is 5.86. The van der Waals surface area contributed by atoms with Crippen LogP contribution in [0, 0.1) is 0 Å². The number of aliphatic hydroxyl groups is 1. The van der Waals surface area contributed by atoms with E-state index >= 15 is 0 Å². The van der Waals surface area contributed by atoms with Crippen LogP contribution in [0.1, 0.15) is 39.6 Å². The molecular weight excluding hydrogens is 324 g/mol. The van der Waals surface area contributed by atoms with Gasteiger partial charge in [-0.15, -0.1) is 11.3 Å². The molecule has 0 spiro atoms. The Morgan fingerprint density at radius 2 is 2.04 bits per heavy atom. The molecule has 5 nitrogen and oxygen atoms in total. The highest BCUT2D eigenvalue weighted by Crippen LogP contribution is 2.26. The van der Waals surface area contributed by atoms with E-state index in [9.17, 15) is 14.7 Å². The number of benzene rings is 1. The first-order chi connectivity index (χ1) is 11.6. The van der Waals surface area contributed by atoms with Crippen molar-refractivity contribution >= 4 is 28.2 Å². The summed E-state index contributed by atoms with van der Waals surface area (Å²) in [4.78, 5) is 26.6. The topological polar surface area (TPSA) is 69.6 Å². The number of amides is 2. The Bertz CT molecular complexity index is 739. The number of aryl methyl sites for hydroxylation is 1. The number of β-amino-alcohol motifs (C(OH)–C–C–N with tert-alkyl or cyclic N) is 1. The molecule has 1 aromatic heterocycles. The summed E-state index contributed by atoms with van der Waals surface area (Å²) in [5, 5.41) is 14.8. The monoisotopic (exact) mass is 344 g/mol. The maximum atomic E-state index is 12.5. The molecule has 6 heteroatoms. The van der Waals surface area contributed by atoms with Crippen molar-refractivity contribution in [2.24, 2.45) is 0 Å². The summed E-state index contributed by atoms with van der Waals surface area (Å²) < 4.78 is 0. The van der Waals surface area contributed by atoms with E-state index in [0.29, 0.717) is 35.6 Å². The molecule has 3 rings (SSSR count). The minimum atomic E-state index is -0.456. The van der Waals surface area contributed by atoms with Crippen LogP contribution in [-0.2, 0) is 6.42 Å². The van der Waals surface area contributed by atoms with Gasteiger partial charge in [-0.25, -0.2) is 0 Å². The van der Waals surface area contributed by atoms with Gasteiger partial charge in [0.05, 0.1) is 11.7 Å². The number of aliphatic hydroxyl groups excluding tert-OH is 1. The molecule has 2 amide bonds. The largest absolute Gasteiger partial charge is 0.391 e. The number of thiophene rings is 1. The molecule has 0 bridgehead atoms. The minimum Gasteiger partial charge on any atom is -0.391 e. The van der Waals surface area contributed by atoms with Gasteiger partial charge in [0, 0.05) is 18.7 Å². The fourth-order valence-corrected chi connectivity index (χ4v) is 3.51. The Labute approximate surface area is 144 Å². The van der Waals surface area contributed by atoms with Gasteiger partial charge in [0.2, 0.25) is 0 Å². The Kier molecular flexibility index (Phi) is 4.97. The van der Waals surface area contributed by atoms with Crippen LogP contribution in [0.15, 0.2) is 35.7 Å². The highest BCUT2D eigenvalue weighted by Gasteiger charge is 2.27. The van der Waals surface area contributed by atoms with Gasteiger partial charge in [-0.1, -0.05) is 19.1 Å². The zero-order valence-electron chi connectivity index (χ0n) is 13.5. The average Bonchev–Trinajstić information content (AvgIpc) is 3.23. The van der Waals surface area contributed by atoms with Crippen molar-refractivity contribution in [3.63, 3.8) is 0 Å². The maximum absolute atomic E-state index is 12.5. The Morgan fingerprint density at radius 3 is 2.67 bits per heavy atom. The van der Waals surface area contributed by atoms with Gasteiger partial charge in [0.1, 0.15) is 5.00 Å². The molecule has 1 aromatic carbocycles. The molecule has 126 valence electrons. The standard InChI is InChI=1S/C18H20N2O3S/c1-2-12-3-5-13(6-4-12)16(22)19-17-15(8-10-24-17)18(23)20-9-7-14(21)11-20/h3-6,8,10,14,21H,2,7,9,11H2,1H3,(H,19,22)/t14-/m1/s1. The van der Waals surface area contributed by atoms with Crippen molar-refractivity contribution in [1.82, 2.24) is 4.90 Å². The summed E-state index contributed by atoms with van der Waals surface area (Å²) in [5.41, 5.74) is 2.22. The van der Waals surface area contributed by atoms with Crippen LogP contribution in [0.2, 0.25) is 0 Å². The molecule has 2 N–H and O–H groups in total. The van der Waals surface area contributed by atoms with Gasteiger partial charge in [-0.05, 0) is 42.0 Å². The summed E-state index contributed by atoms with van der Waals surface area (Å²) >= 11 is 1.33. The van der Waals surface area contributed by atoms with Crippen LogP contribution in [0.25, 0.3) is 0 Å². The van der Waals surface area contributed by atoms with Crippen LogP contribution >= 0.6 is 11.3 Å². The number of rotatable bonds is 4. The molecule has 0 unspecified atom stereocenters. The number of nitrogens with zero attached hydrogens (tertiary/aromatic N) is 1. The van der Waals surface area contributed by atoms with Gasteiger partial charge in [0.25, 0.3) is 11.8 Å². The lowest BCUT2D eigenvalue weighted by Crippen LogP contribution is -2.30. The molecule has 1 saturated heterocycles. The lowest BCUT2D eigenvalue weighted by atomic mass is 10.1. The van der Waals surface area contributed by atoms with E-state index in [1.807, 2.05) is 12.1 Å². The molecule has 1 fully saturated rings. The summed E-state index contributed by atoms with van der Waals surface area (Å²) in [6, 6.07) is 9.16. The molecule has 0 aliphatic carbocycles. The minimum absolute atomic E-state index is 0.149. The fraction of sp³-hybridized carbons (Fsp3) is 0.333. The number of carbonyl (C=O) groups is 2. The Balaban J connectivity index is 1.72. The third-order valence-corrected chi connectivity index (χ3v) is 5.03. The van der Waals surface area contributed by atoms with Crippen molar-refractivity contribution in [3.05, 3.63) is 52.4 Å². The smallest absolute Gasteiger partial charge is 0.256 e. The molecule has 1 atom stereocenters. The highest BCUT2D eigenvalue weighted by molar-refractivity contribution is 7.14. The van der Waals surface area contributed by atoms with E-state index in [0.717, 1.165) is 6.42 Å². The van der Waals surface area contributed by atoms with Gasteiger partial charge < -0.3 is 15.3 Å². The van der Waals surface area contributed by atoms with Crippen molar-refractivity contribution in [2.75, 3.05) is 18.4 Å². The second-order valence-corrected chi connectivity index (χ2v) is 6.78. The number of carbonyl (C=O) groups excluding carboxylic acids is 2. The van der Waals surface area contributed by atoms with Crippen LogP contribution < -0.4 is 5.32 Å². The van der Waals surface area contributed by atoms with Gasteiger partial charge >= 0.3 is 0 Å². The molecule has 2 aromatic rings. The highest BCUT2D eigenvalue weighted by atomic mass is 32.1. The van der Waals surface area contributed by atoms with E-state index in [1.54, 1.807) is 28.5 Å². The van der Waals surface area contributed by atoms with E-state index in [1.165, 1.54) is 16.9 Å². The molecule has 1 aliphatic rings. The van der Waals surface area contributed by atoms with E-state index in [-0.39, 0.29) is 11.8 Å². The van der Waals surface area contributed by atoms with Crippen molar-refractivity contribution in [1.29, 1.82) is 0 Å². The van der Waals surface area contributed by atoms with Crippen LogP contribution in [-0.4, -0.2) is 41.0 Å². The lowest BCUT2D eigenvalue weighted by molar-refractivity contribution is 0.0766. The molecular formula is C18H20N2O3S. The SMILES string of the molecule is CCc1ccc(C(=O)Nc2sccc2C(=O)N2CC[C@@H](O)C2)cc1. The molecule has 0 radical (unpaired) electrons. The number of hydrogen-bond acceptors (Lipinski definition) is 4. The second kappa shape index (κ2) is 7.15. The van der Waals surface area contributed by atoms with E-state index in [4.69, 9.17) is 0 Å². The Hall–Kier alpha value is -2.18. The first-order valence-corrected chi connectivity index (χ1v) is 8.91. The summed E-state index contributed by atoms with van der Waals surface area (Å²) in [7, 11) is 0. The summed E-state index contributed by atoms with van der Waals surface area (Å²) in [6.45, 7) is 2.95. The molecule has 24 heavy (non-hydrogen) atoms. The third-order valence-electron chi connectivity index (χ3n) is 4.20. The predicted molar refractivity (Wildman–Crippen MR) is 94.6 cm³/mol. The first kappa shape index (κ1) is 16.7. The van der Waals surface area contributed by atoms with E-state index in [2.05, 4.69) is 12.2 Å². The van der Waals surface area contributed by atoms with Crippen molar-refractivity contribution < 1.29 is 14.7 Å². The van der Waals surface area contributed by atoms with Gasteiger partial charge in [0.15, 0.2) is 0 Å². The quantitative estimate of drug-likeness (QED) is 0.896. The zero-order valence-corrected chi connectivity index (χ0v) is 14.3. The van der Waals surface area contributed by atoms with Crippen LogP contribution in [0.4, 0.5) is 5.00 Å². The van der Waals surface area contributed by atoms with Crippen molar-refractivity contribution in [2.45, 2.75) is 25.9 Å². The Morgan fingerprint density at radius 1 is 1.29 bits per heavy atom. The molecule has 2 heterocycles. The number of nitrogens with one attached hydrogen (secondary N) is 1. The predicted octanol–water partition coefficient (Wildman–Crippen LogP) is 2.77. The summed E-state index contributed by atoms with van der Waals surface area (Å²) in [6.07, 6.45) is 1.07. The number of anilines is 1. The first-order valence-electron chi connectivity index (χ1n) is 8.03. The normalized spacial score (nSPS) is 17.1. The van der Waals surface area contributed by atoms with E-state index < -0.39 is 6.10 Å². The number of hydrogen-bond donors (Lipinski definition) is 2. The van der Waals surface area contributed by atoms with Gasteiger partial charge in [-0.2, -0.15) is 0 Å². The zero-order chi connectivity index (χ0) is 17.1. The lowest BCUT2D eigenvalue weighted by Gasteiger charge is -2.16. The summed E-state index contributed by atoms with van der Waals surface area (Å²) in [5.74, 6) is -0.375. The number of likely N-dealkylation sites (tertiary alicyclic amines) is 1. The fourth-order valence-electron chi connectivity index (χ4n) is 2.74. The maximum Gasteiger partial charge on any atom is 0.256 e.